The third kappa shape index (κ3) is 2.50. The van der Waals surface area contributed by atoms with Crippen molar-refractivity contribution < 1.29 is 4.52 Å². The van der Waals surface area contributed by atoms with E-state index >= 15 is 0 Å². The van der Waals surface area contributed by atoms with Crippen molar-refractivity contribution in [2.45, 2.75) is 25.8 Å². The van der Waals surface area contributed by atoms with Crippen molar-refractivity contribution in [1.82, 2.24) is 20.4 Å². The van der Waals surface area contributed by atoms with Crippen LogP contribution in [0, 0.1) is 0 Å². The molecule has 0 saturated carbocycles. The minimum atomic E-state index is -0.108. The van der Waals surface area contributed by atoms with Gasteiger partial charge in [0, 0.05) is 18.3 Å². The summed E-state index contributed by atoms with van der Waals surface area (Å²) in [6.45, 7) is 4.07. The molecular formula is C12H16N4O. The van der Waals surface area contributed by atoms with E-state index < -0.39 is 0 Å². The van der Waals surface area contributed by atoms with E-state index in [-0.39, 0.29) is 12.0 Å². The Morgan fingerprint density at radius 2 is 2.18 bits per heavy atom. The topological polar surface area (TPSA) is 63.8 Å². The molecule has 0 amide bonds. The molecule has 0 aromatic carbocycles. The second-order valence-corrected chi connectivity index (χ2v) is 4.15. The molecule has 0 unspecified atom stereocenters. The van der Waals surface area contributed by atoms with Crippen molar-refractivity contribution in [2.75, 3.05) is 7.05 Å². The Bertz CT molecular complexity index is 466. The van der Waals surface area contributed by atoms with Gasteiger partial charge in [-0.15, -0.1) is 0 Å². The standard InChI is InChI=1S/C12H16N4O/c1-8(2)11-15-12(17-16-11)10(13-3)9-5-4-6-14-7-9/h4-8,10,13H,1-3H3/t10-/m1/s1. The Morgan fingerprint density at radius 1 is 1.35 bits per heavy atom. The number of hydrogen-bond donors (Lipinski definition) is 1. The average Bonchev–Trinajstić information content (AvgIpc) is 2.81. The monoisotopic (exact) mass is 232 g/mol. The number of nitrogens with zero attached hydrogens (tertiary/aromatic N) is 3. The molecule has 5 heteroatoms. The fourth-order valence-corrected chi connectivity index (χ4v) is 1.58. The van der Waals surface area contributed by atoms with Gasteiger partial charge in [-0.05, 0) is 18.7 Å². The van der Waals surface area contributed by atoms with Crippen LogP contribution in [0.5, 0.6) is 0 Å². The number of pyridine rings is 1. The van der Waals surface area contributed by atoms with Gasteiger partial charge in [0.25, 0.3) is 0 Å². The lowest BCUT2D eigenvalue weighted by Gasteiger charge is -2.10. The van der Waals surface area contributed by atoms with Gasteiger partial charge in [0.1, 0.15) is 6.04 Å². The SMILES string of the molecule is CN[C@H](c1cccnc1)c1nc(C(C)C)no1. The molecule has 0 fully saturated rings. The molecule has 0 aliphatic heterocycles. The molecule has 0 radical (unpaired) electrons. The first-order valence-electron chi connectivity index (χ1n) is 5.63. The molecule has 2 aromatic rings. The predicted octanol–water partition coefficient (Wildman–Crippen LogP) is 1.90. The molecule has 0 spiro atoms. The third-order valence-electron chi connectivity index (χ3n) is 2.53. The van der Waals surface area contributed by atoms with E-state index in [0.717, 1.165) is 11.4 Å². The summed E-state index contributed by atoms with van der Waals surface area (Å²) in [5.74, 6) is 1.56. The Morgan fingerprint density at radius 3 is 2.71 bits per heavy atom. The van der Waals surface area contributed by atoms with Crippen LogP contribution in [0.15, 0.2) is 29.0 Å². The van der Waals surface area contributed by atoms with E-state index in [2.05, 4.69) is 20.4 Å². The summed E-state index contributed by atoms with van der Waals surface area (Å²) in [7, 11) is 1.86. The predicted molar refractivity (Wildman–Crippen MR) is 63.5 cm³/mol. The quantitative estimate of drug-likeness (QED) is 0.872. The lowest BCUT2D eigenvalue weighted by molar-refractivity contribution is 0.349. The van der Waals surface area contributed by atoms with E-state index in [9.17, 15) is 0 Å². The summed E-state index contributed by atoms with van der Waals surface area (Å²) in [6, 6.07) is 3.76. The van der Waals surface area contributed by atoms with Crippen molar-refractivity contribution in [3.05, 3.63) is 41.8 Å². The zero-order valence-electron chi connectivity index (χ0n) is 10.2. The van der Waals surface area contributed by atoms with Crippen molar-refractivity contribution in [3.63, 3.8) is 0 Å². The molecule has 0 aliphatic carbocycles. The molecule has 0 aliphatic rings. The van der Waals surface area contributed by atoms with Crippen LogP contribution in [-0.2, 0) is 0 Å². The summed E-state index contributed by atoms with van der Waals surface area (Å²) >= 11 is 0. The zero-order chi connectivity index (χ0) is 12.3. The van der Waals surface area contributed by atoms with Gasteiger partial charge in [-0.3, -0.25) is 4.98 Å². The highest BCUT2D eigenvalue weighted by Gasteiger charge is 2.20. The second kappa shape index (κ2) is 5.05. The molecular weight excluding hydrogens is 216 g/mol. The van der Waals surface area contributed by atoms with Gasteiger partial charge in [0.15, 0.2) is 5.82 Å². The fraction of sp³-hybridized carbons (Fsp3) is 0.417. The molecule has 2 heterocycles. The van der Waals surface area contributed by atoms with E-state index in [1.165, 1.54) is 0 Å². The summed E-state index contributed by atoms with van der Waals surface area (Å²) < 4.78 is 5.28. The van der Waals surface area contributed by atoms with Gasteiger partial charge in [-0.1, -0.05) is 25.1 Å². The highest BCUT2D eigenvalue weighted by Crippen LogP contribution is 2.20. The van der Waals surface area contributed by atoms with Crippen LogP contribution in [0.25, 0.3) is 0 Å². The molecule has 17 heavy (non-hydrogen) atoms. The number of nitrogens with one attached hydrogen (secondary N) is 1. The minimum absolute atomic E-state index is 0.108. The van der Waals surface area contributed by atoms with Crippen LogP contribution in [0.4, 0.5) is 0 Å². The summed E-state index contributed by atoms with van der Waals surface area (Å²) in [5, 5.41) is 7.11. The first-order valence-corrected chi connectivity index (χ1v) is 5.63. The molecule has 90 valence electrons. The first kappa shape index (κ1) is 11.7. The molecule has 2 aromatic heterocycles. The van der Waals surface area contributed by atoms with Crippen LogP contribution in [0.2, 0.25) is 0 Å². The van der Waals surface area contributed by atoms with E-state index in [1.807, 2.05) is 33.0 Å². The summed E-state index contributed by atoms with van der Waals surface area (Å²) in [5.41, 5.74) is 1.01. The Hall–Kier alpha value is -1.75. The van der Waals surface area contributed by atoms with Gasteiger partial charge in [0.05, 0.1) is 0 Å². The summed E-state index contributed by atoms with van der Waals surface area (Å²) in [4.78, 5) is 8.48. The van der Waals surface area contributed by atoms with Crippen molar-refractivity contribution in [1.29, 1.82) is 0 Å². The van der Waals surface area contributed by atoms with E-state index in [0.29, 0.717) is 5.89 Å². The zero-order valence-corrected chi connectivity index (χ0v) is 10.2. The first-order chi connectivity index (χ1) is 8.22. The average molecular weight is 232 g/mol. The fourth-order valence-electron chi connectivity index (χ4n) is 1.58. The lowest BCUT2D eigenvalue weighted by atomic mass is 10.1. The second-order valence-electron chi connectivity index (χ2n) is 4.15. The van der Waals surface area contributed by atoms with Crippen LogP contribution < -0.4 is 5.32 Å². The van der Waals surface area contributed by atoms with Crippen molar-refractivity contribution in [2.24, 2.45) is 0 Å². The molecule has 1 atom stereocenters. The number of aromatic nitrogens is 3. The maximum Gasteiger partial charge on any atom is 0.248 e. The van der Waals surface area contributed by atoms with Crippen LogP contribution in [-0.4, -0.2) is 22.2 Å². The Labute approximate surface area is 100 Å². The lowest BCUT2D eigenvalue weighted by Crippen LogP contribution is -2.18. The smallest absolute Gasteiger partial charge is 0.248 e. The highest BCUT2D eigenvalue weighted by atomic mass is 16.5. The molecule has 0 bridgehead atoms. The van der Waals surface area contributed by atoms with Crippen LogP contribution >= 0.6 is 0 Å². The van der Waals surface area contributed by atoms with Gasteiger partial charge < -0.3 is 9.84 Å². The largest absolute Gasteiger partial charge is 0.337 e. The maximum atomic E-state index is 5.28. The minimum Gasteiger partial charge on any atom is -0.337 e. The highest BCUT2D eigenvalue weighted by molar-refractivity contribution is 5.20. The molecule has 2 rings (SSSR count). The molecule has 1 N–H and O–H groups in total. The van der Waals surface area contributed by atoms with Crippen LogP contribution in [0.1, 0.15) is 43.1 Å². The van der Waals surface area contributed by atoms with Gasteiger partial charge in [-0.25, -0.2) is 0 Å². The maximum absolute atomic E-state index is 5.28. The normalized spacial score (nSPS) is 12.9. The Balaban J connectivity index is 2.29. The third-order valence-corrected chi connectivity index (χ3v) is 2.53. The van der Waals surface area contributed by atoms with Crippen LogP contribution in [0.3, 0.4) is 0 Å². The van der Waals surface area contributed by atoms with Gasteiger partial charge in [-0.2, -0.15) is 4.98 Å². The van der Waals surface area contributed by atoms with E-state index in [4.69, 9.17) is 4.52 Å². The van der Waals surface area contributed by atoms with Crippen molar-refractivity contribution in [3.8, 4) is 0 Å². The van der Waals surface area contributed by atoms with E-state index in [1.54, 1.807) is 12.4 Å². The number of rotatable bonds is 4. The summed E-state index contributed by atoms with van der Waals surface area (Å²) in [6.07, 6.45) is 3.53. The number of hydrogen-bond acceptors (Lipinski definition) is 5. The van der Waals surface area contributed by atoms with Gasteiger partial charge in [0.2, 0.25) is 5.89 Å². The molecule has 0 saturated heterocycles. The Kier molecular flexibility index (Phi) is 3.49. The van der Waals surface area contributed by atoms with Gasteiger partial charge >= 0.3 is 0 Å². The van der Waals surface area contributed by atoms with Crippen molar-refractivity contribution >= 4 is 0 Å². The molecule has 5 nitrogen and oxygen atoms in total.